The molecule has 4 nitrogen and oxygen atoms in total. The van der Waals surface area contributed by atoms with Gasteiger partial charge < -0.3 is 10.4 Å². The van der Waals surface area contributed by atoms with Crippen LogP contribution in [0.3, 0.4) is 0 Å². The first-order valence-electron chi connectivity index (χ1n) is 5.86. The fourth-order valence-corrected chi connectivity index (χ4v) is 3.98. The second kappa shape index (κ2) is 5.48. The third kappa shape index (κ3) is 2.78. The van der Waals surface area contributed by atoms with Crippen molar-refractivity contribution in [3.63, 3.8) is 0 Å². The first-order valence-corrected chi connectivity index (χ1v) is 7.93. The van der Waals surface area contributed by atoms with E-state index in [1.54, 1.807) is 11.3 Å². The number of carboxylic acids is 1. The summed E-state index contributed by atoms with van der Waals surface area (Å²) in [5, 5.41) is 13.9. The summed E-state index contributed by atoms with van der Waals surface area (Å²) in [6, 6.07) is 7.96. The van der Waals surface area contributed by atoms with E-state index >= 15 is 0 Å². The number of carbonyl (C=O) groups excluding carboxylic acids is 1. The Labute approximate surface area is 132 Å². The van der Waals surface area contributed by atoms with Gasteiger partial charge in [0, 0.05) is 9.40 Å². The Bertz CT molecular complexity index is 824. The Morgan fingerprint density at radius 2 is 1.95 bits per heavy atom. The number of hydrogen-bond acceptors (Lipinski definition) is 4. The van der Waals surface area contributed by atoms with Crippen molar-refractivity contribution in [2.24, 2.45) is 0 Å². The van der Waals surface area contributed by atoms with Gasteiger partial charge in [0.05, 0.1) is 21.2 Å². The van der Waals surface area contributed by atoms with Crippen LogP contribution in [0.5, 0.6) is 0 Å². The van der Waals surface area contributed by atoms with Crippen LogP contribution in [0.15, 0.2) is 35.7 Å². The number of halogens is 1. The molecule has 3 rings (SSSR count). The monoisotopic (exact) mass is 337 g/mol. The van der Waals surface area contributed by atoms with Crippen LogP contribution in [-0.4, -0.2) is 17.0 Å². The zero-order chi connectivity index (χ0) is 15.0. The lowest BCUT2D eigenvalue weighted by Crippen LogP contribution is -2.11. The van der Waals surface area contributed by atoms with Gasteiger partial charge in [0.25, 0.3) is 5.91 Å². The molecule has 2 aromatic heterocycles. The Kier molecular flexibility index (Phi) is 3.67. The molecule has 0 unspecified atom stereocenters. The van der Waals surface area contributed by atoms with Crippen molar-refractivity contribution in [1.29, 1.82) is 0 Å². The number of nitrogens with one attached hydrogen (secondary N) is 1. The molecular formula is C14H8ClNO3S2. The predicted molar refractivity (Wildman–Crippen MR) is 86.1 cm³/mol. The standard InChI is InChI=1S/C14H8ClNO3S2/c15-8-2-1-7(14(18)19)5-9(8)16-13(17)12-6-11-10(21-12)3-4-20-11/h1-6H,(H,16,17)(H,18,19). The molecule has 106 valence electrons. The van der Waals surface area contributed by atoms with Gasteiger partial charge in [0.15, 0.2) is 0 Å². The number of thiophene rings is 2. The van der Waals surface area contributed by atoms with Crippen LogP contribution in [0.4, 0.5) is 5.69 Å². The molecule has 3 aromatic rings. The number of carboxylic acid groups (broad SMARTS) is 1. The highest BCUT2D eigenvalue weighted by atomic mass is 35.5. The van der Waals surface area contributed by atoms with Crippen molar-refractivity contribution in [3.05, 3.63) is 51.2 Å². The topological polar surface area (TPSA) is 66.4 Å². The summed E-state index contributed by atoms with van der Waals surface area (Å²) in [7, 11) is 0. The lowest BCUT2D eigenvalue weighted by atomic mass is 10.2. The molecule has 0 saturated carbocycles. The number of benzene rings is 1. The molecule has 0 aliphatic rings. The van der Waals surface area contributed by atoms with Gasteiger partial charge in [-0.3, -0.25) is 4.79 Å². The summed E-state index contributed by atoms with van der Waals surface area (Å²) in [5.41, 5.74) is 0.361. The minimum absolute atomic E-state index is 0.0712. The fraction of sp³-hybridized carbons (Fsp3) is 0. The van der Waals surface area contributed by atoms with E-state index in [9.17, 15) is 9.59 Å². The molecule has 7 heteroatoms. The molecule has 0 fully saturated rings. The van der Waals surface area contributed by atoms with Crippen LogP contribution in [-0.2, 0) is 0 Å². The minimum atomic E-state index is -1.07. The number of anilines is 1. The Balaban J connectivity index is 1.88. The van der Waals surface area contributed by atoms with E-state index in [-0.39, 0.29) is 11.5 Å². The molecule has 0 spiro atoms. The highest BCUT2D eigenvalue weighted by molar-refractivity contribution is 7.27. The molecule has 2 N–H and O–H groups in total. The predicted octanol–water partition coefficient (Wildman–Crippen LogP) is 4.57. The summed E-state index contributed by atoms with van der Waals surface area (Å²) in [6.45, 7) is 0. The smallest absolute Gasteiger partial charge is 0.335 e. The van der Waals surface area contributed by atoms with E-state index in [2.05, 4.69) is 5.32 Å². The molecule has 2 heterocycles. The van der Waals surface area contributed by atoms with E-state index in [1.807, 2.05) is 17.5 Å². The van der Waals surface area contributed by atoms with E-state index in [4.69, 9.17) is 16.7 Å². The molecule has 1 amide bonds. The number of rotatable bonds is 3. The summed E-state index contributed by atoms with van der Waals surface area (Å²) in [6.07, 6.45) is 0. The lowest BCUT2D eigenvalue weighted by Gasteiger charge is -2.07. The molecular weight excluding hydrogens is 330 g/mol. The van der Waals surface area contributed by atoms with Gasteiger partial charge >= 0.3 is 5.97 Å². The van der Waals surface area contributed by atoms with Crippen molar-refractivity contribution in [3.8, 4) is 0 Å². The molecule has 0 atom stereocenters. The zero-order valence-electron chi connectivity index (χ0n) is 10.4. The van der Waals surface area contributed by atoms with Crippen LogP contribution < -0.4 is 5.32 Å². The molecule has 0 bridgehead atoms. The molecule has 0 aliphatic carbocycles. The van der Waals surface area contributed by atoms with Gasteiger partial charge in [0.1, 0.15) is 0 Å². The number of hydrogen-bond donors (Lipinski definition) is 2. The van der Waals surface area contributed by atoms with E-state index in [1.165, 1.54) is 29.5 Å². The number of fused-ring (bicyclic) bond motifs is 1. The highest BCUT2D eigenvalue weighted by Gasteiger charge is 2.14. The van der Waals surface area contributed by atoms with Crippen molar-refractivity contribution in [2.75, 3.05) is 5.32 Å². The summed E-state index contributed by atoms with van der Waals surface area (Å²) in [4.78, 5) is 23.7. The average Bonchev–Trinajstić information content (AvgIpc) is 3.01. The first kappa shape index (κ1) is 14.1. The number of carbonyl (C=O) groups is 2. The Morgan fingerprint density at radius 1 is 1.14 bits per heavy atom. The van der Waals surface area contributed by atoms with Crippen LogP contribution in [0, 0.1) is 0 Å². The van der Waals surface area contributed by atoms with Crippen LogP contribution in [0.1, 0.15) is 20.0 Å². The summed E-state index contributed by atoms with van der Waals surface area (Å²) < 4.78 is 2.10. The number of aromatic carboxylic acids is 1. The Hall–Kier alpha value is -1.89. The maximum Gasteiger partial charge on any atom is 0.335 e. The zero-order valence-corrected chi connectivity index (χ0v) is 12.8. The van der Waals surface area contributed by atoms with Crippen LogP contribution in [0.2, 0.25) is 5.02 Å². The van der Waals surface area contributed by atoms with Gasteiger partial charge in [-0.05, 0) is 35.7 Å². The molecule has 0 aliphatic heterocycles. The third-order valence-electron chi connectivity index (χ3n) is 2.82. The quantitative estimate of drug-likeness (QED) is 0.735. The largest absolute Gasteiger partial charge is 0.478 e. The van der Waals surface area contributed by atoms with Gasteiger partial charge in [-0.15, -0.1) is 22.7 Å². The van der Waals surface area contributed by atoms with Crippen molar-refractivity contribution in [2.45, 2.75) is 0 Å². The molecule has 0 radical (unpaired) electrons. The molecule has 21 heavy (non-hydrogen) atoms. The van der Waals surface area contributed by atoms with Gasteiger partial charge in [0.2, 0.25) is 0 Å². The van der Waals surface area contributed by atoms with E-state index in [0.29, 0.717) is 15.6 Å². The molecule has 0 saturated heterocycles. The highest BCUT2D eigenvalue weighted by Crippen LogP contribution is 2.31. The maximum absolute atomic E-state index is 12.2. The van der Waals surface area contributed by atoms with Crippen molar-refractivity contribution >= 4 is 61.2 Å². The lowest BCUT2D eigenvalue weighted by molar-refractivity contribution is 0.0696. The minimum Gasteiger partial charge on any atom is -0.478 e. The van der Waals surface area contributed by atoms with Crippen LogP contribution >= 0.6 is 34.3 Å². The summed E-state index contributed by atoms with van der Waals surface area (Å²) in [5.74, 6) is -1.37. The fourth-order valence-electron chi connectivity index (χ4n) is 1.82. The van der Waals surface area contributed by atoms with Crippen LogP contribution in [0.25, 0.3) is 9.40 Å². The normalized spacial score (nSPS) is 10.7. The Morgan fingerprint density at radius 3 is 2.67 bits per heavy atom. The van der Waals surface area contributed by atoms with Gasteiger partial charge in [-0.1, -0.05) is 11.6 Å². The second-order valence-corrected chi connectivity index (χ2v) is 6.65. The molecule has 1 aromatic carbocycles. The summed E-state index contributed by atoms with van der Waals surface area (Å²) >= 11 is 8.94. The SMILES string of the molecule is O=C(O)c1ccc(Cl)c(NC(=O)c2cc3sccc3s2)c1. The average molecular weight is 338 g/mol. The van der Waals surface area contributed by atoms with Gasteiger partial charge in [-0.2, -0.15) is 0 Å². The third-order valence-corrected chi connectivity index (χ3v) is 5.25. The maximum atomic E-state index is 12.2. The first-order chi connectivity index (χ1) is 10.0. The van der Waals surface area contributed by atoms with Gasteiger partial charge in [-0.25, -0.2) is 4.79 Å². The number of amides is 1. The second-order valence-electron chi connectivity index (χ2n) is 4.21. The van der Waals surface area contributed by atoms with Crippen molar-refractivity contribution < 1.29 is 14.7 Å². The van der Waals surface area contributed by atoms with E-state index < -0.39 is 5.97 Å². The van der Waals surface area contributed by atoms with E-state index in [0.717, 1.165) is 9.40 Å². The van der Waals surface area contributed by atoms with Crippen molar-refractivity contribution in [1.82, 2.24) is 0 Å².